The SMILES string of the molecule is COc1cccc(F)c1C(=O)c1ccc(C(C)(C)C)s1. The normalized spacial score (nSPS) is 11.4. The van der Waals surface area contributed by atoms with Crippen LogP contribution in [0.3, 0.4) is 0 Å². The quantitative estimate of drug-likeness (QED) is 0.783. The average molecular weight is 292 g/mol. The Balaban J connectivity index is 2.45. The number of ether oxygens (including phenoxy) is 1. The zero-order chi connectivity index (χ0) is 14.9. The fraction of sp³-hybridized carbons (Fsp3) is 0.312. The highest BCUT2D eigenvalue weighted by molar-refractivity contribution is 7.14. The van der Waals surface area contributed by atoms with Gasteiger partial charge in [0.1, 0.15) is 17.1 Å². The van der Waals surface area contributed by atoms with E-state index in [2.05, 4.69) is 20.8 Å². The van der Waals surface area contributed by atoms with Gasteiger partial charge in [-0.05, 0) is 29.7 Å². The predicted octanol–water partition coefficient (Wildman–Crippen LogP) is 4.42. The summed E-state index contributed by atoms with van der Waals surface area (Å²) in [6.45, 7) is 6.24. The number of hydrogen-bond donors (Lipinski definition) is 0. The van der Waals surface area contributed by atoms with Gasteiger partial charge in [0.15, 0.2) is 0 Å². The van der Waals surface area contributed by atoms with Gasteiger partial charge in [0.05, 0.1) is 12.0 Å². The molecule has 1 aromatic heterocycles. The van der Waals surface area contributed by atoms with Gasteiger partial charge >= 0.3 is 0 Å². The molecule has 0 aliphatic rings. The van der Waals surface area contributed by atoms with E-state index in [1.807, 2.05) is 6.07 Å². The Morgan fingerprint density at radius 1 is 1.20 bits per heavy atom. The van der Waals surface area contributed by atoms with Crippen molar-refractivity contribution in [2.24, 2.45) is 0 Å². The summed E-state index contributed by atoms with van der Waals surface area (Å²) in [4.78, 5) is 14.1. The van der Waals surface area contributed by atoms with Crippen LogP contribution in [0.15, 0.2) is 30.3 Å². The van der Waals surface area contributed by atoms with Crippen molar-refractivity contribution in [2.75, 3.05) is 7.11 Å². The number of halogens is 1. The number of hydrogen-bond acceptors (Lipinski definition) is 3. The monoisotopic (exact) mass is 292 g/mol. The Hall–Kier alpha value is -1.68. The first kappa shape index (κ1) is 14.7. The molecule has 2 nitrogen and oxygen atoms in total. The Labute approximate surface area is 122 Å². The van der Waals surface area contributed by atoms with Crippen LogP contribution in [0.1, 0.15) is 40.9 Å². The van der Waals surface area contributed by atoms with Crippen molar-refractivity contribution in [1.29, 1.82) is 0 Å². The van der Waals surface area contributed by atoms with Crippen LogP contribution in [0, 0.1) is 5.82 Å². The van der Waals surface area contributed by atoms with Crippen LogP contribution in [0.2, 0.25) is 0 Å². The smallest absolute Gasteiger partial charge is 0.209 e. The first-order valence-electron chi connectivity index (χ1n) is 6.32. The van der Waals surface area contributed by atoms with Crippen molar-refractivity contribution in [2.45, 2.75) is 26.2 Å². The van der Waals surface area contributed by atoms with E-state index in [1.54, 1.807) is 12.1 Å². The molecule has 0 aliphatic carbocycles. The first-order chi connectivity index (χ1) is 9.34. The van der Waals surface area contributed by atoms with E-state index in [9.17, 15) is 9.18 Å². The van der Waals surface area contributed by atoms with Crippen LogP contribution in [0.4, 0.5) is 4.39 Å². The third-order valence-corrected chi connectivity index (χ3v) is 4.50. The lowest BCUT2D eigenvalue weighted by Gasteiger charge is -2.15. The van der Waals surface area contributed by atoms with Crippen molar-refractivity contribution in [3.63, 3.8) is 0 Å². The fourth-order valence-corrected chi connectivity index (χ4v) is 2.89. The Morgan fingerprint density at radius 2 is 1.90 bits per heavy atom. The lowest BCUT2D eigenvalue weighted by molar-refractivity contribution is 0.103. The minimum absolute atomic E-state index is 0.00249. The van der Waals surface area contributed by atoms with Gasteiger partial charge in [0, 0.05) is 4.88 Å². The van der Waals surface area contributed by atoms with Gasteiger partial charge in [0.2, 0.25) is 5.78 Å². The van der Waals surface area contributed by atoms with Gasteiger partial charge in [-0.15, -0.1) is 11.3 Å². The predicted molar refractivity (Wildman–Crippen MR) is 79.4 cm³/mol. The number of ketones is 1. The molecule has 0 aliphatic heterocycles. The van der Waals surface area contributed by atoms with Crippen LogP contribution in [-0.4, -0.2) is 12.9 Å². The first-order valence-corrected chi connectivity index (χ1v) is 7.13. The lowest BCUT2D eigenvalue weighted by atomic mass is 9.95. The molecular weight excluding hydrogens is 275 g/mol. The maximum Gasteiger partial charge on any atom is 0.209 e. The lowest BCUT2D eigenvalue weighted by Crippen LogP contribution is -2.08. The minimum Gasteiger partial charge on any atom is -0.496 e. The van der Waals surface area contributed by atoms with Crippen LogP contribution in [0.5, 0.6) is 5.75 Å². The van der Waals surface area contributed by atoms with Crippen molar-refractivity contribution in [3.05, 3.63) is 51.5 Å². The Bertz CT molecular complexity index is 638. The van der Waals surface area contributed by atoms with Gasteiger partial charge in [-0.2, -0.15) is 0 Å². The molecule has 0 saturated heterocycles. The zero-order valence-electron chi connectivity index (χ0n) is 12.0. The van der Waals surface area contributed by atoms with E-state index < -0.39 is 5.82 Å². The van der Waals surface area contributed by atoms with Gasteiger partial charge in [-0.3, -0.25) is 4.79 Å². The van der Waals surface area contributed by atoms with Crippen LogP contribution in [-0.2, 0) is 5.41 Å². The molecule has 1 heterocycles. The molecule has 2 aromatic rings. The Morgan fingerprint density at radius 3 is 2.45 bits per heavy atom. The van der Waals surface area contributed by atoms with Crippen LogP contribution >= 0.6 is 11.3 Å². The van der Waals surface area contributed by atoms with E-state index in [0.717, 1.165) is 4.88 Å². The van der Waals surface area contributed by atoms with Crippen LogP contribution in [0.25, 0.3) is 0 Å². The number of carbonyl (C=O) groups excluding carboxylic acids is 1. The van der Waals surface area contributed by atoms with E-state index >= 15 is 0 Å². The third-order valence-electron chi connectivity index (χ3n) is 2.99. The fourth-order valence-electron chi connectivity index (χ4n) is 1.88. The number of carbonyl (C=O) groups is 1. The molecule has 0 fully saturated rings. The summed E-state index contributed by atoms with van der Waals surface area (Å²) in [6.07, 6.45) is 0. The zero-order valence-corrected chi connectivity index (χ0v) is 12.8. The van der Waals surface area contributed by atoms with E-state index in [0.29, 0.717) is 4.88 Å². The second-order valence-corrected chi connectivity index (χ2v) is 6.64. The molecule has 0 radical (unpaired) electrons. The molecule has 4 heteroatoms. The molecule has 0 amide bonds. The molecule has 0 spiro atoms. The molecule has 1 aromatic carbocycles. The highest BCUT2D eigenvalue weighted by Gasteiger charge is 2.23. The molecule has 106 valence electrons. The van der Waals surface area contributed by atoms with E-state index in [1.165, 1.54) is 30.6 Å². The third kappa shape index (κ3) is 2.75. The molecule has 0 bridgehead atoms. The van der Waals surface area contributed by atoms with Crippen molar-refractivity contribution in [1.82, 2.24) is 0 Å². The topological polar surface area (TPSA) is 26.3 Å². The summed E-state index contributed by atoms with van der Waals surface area (Å²) >= 11 is 1.40. The second-order valence-electron chi connectivity index (χ2n) is 5.56. The molecule has 0 saturated carbocycles. The standard InChI is InChI=1S/C16H17FO2S/c1-16(2,3)13-9-8-12(20-13)15(18)14-10(17)6-5-7-11(14)19-4/h5-9H,1-4H3. The van der Waals surface area contributed by atoms with Crippen molar-refractivity contribution in [3.8, 4) is 5.75 Å². The summed E-state index contributed by atoms with van der Waals surface area (Å²) < 4.78 is 19.0. The summed E-state index contributed by atoms with van der Waals surface area (Å²) in [5, 5.41) is 0. The number of methoxy groups -OCH3 is 1. The number of rotatable bonds is 3. The number of thiophene rings is 1. The van der Waals surface area contributed by atoms with Crippen LogP contribution < -0.4 is 4.74 Å². The maximum absolute atomic E-state index is 13.9. The second kappa shape index (κ2) is 5.37. The summed E-state index contributed by atoms with van der Waals surface area (Å²) in [7, 11) is 1.43. The average Bonchev–Trinajstić information content (AvgIpc) is 2.87. The minimum atomic E-state index is -0.556. The largest absolute Gasteiger partial charge is 0.496 e. The Kier molecular flexibility index (Phi) is 3.95. The van der Waals surface area contributed by atoms with Gasteiger partial charge in [-0.1, -0.05) is 26.8 Å². The highest BCUT2D eigenvalue weighted by Crippen LogP contribution is 2.32. The van der Waals surface area contributed by atoms with Gasteiger partial charge < -0.3 is 4.74 Å². The summed E-state index contributed by atoms with van der Waals surface area (Å²) in [5.74, 6) is -0.624. The van der Waals surface area contributed by atoms with E-state index in [-0.39, 0.29) is 22.5 Å². The molecule has 2 rings (SSSR count). The van der Waals surface area contributed by atoms with Crippen molar-refractivity contribution >= 4 is 17.1 Å². The molecule has 0 unspecified atom stereocenters. The molecular formula is C16H17FO2S. The molecule has 0 atom stereocenters. The summed E-state index contributed by atoms with van der Waals surface area (Å²) in [6, 6.07) is 8.06. The van der Waals surface area contributed by atoms with Gasteiger partial charge in [0.25, 0.3) is 0 Å². The maximum atomic E-state index is 13.9. The van der Waals surface area contributed by atoms with Gasteiger partial charge in [-0.25, -0.2) is 4.39 Å². The van der Waals surface area contributed by atoms with E-state index in [4.69, 9.17) is 4.74 Å². The number of benzene rings is 1. The summed E-state index contributed by atoms with van der Waals surface area (Å²) in [5.41, 5.74) is -0.0278. The molecule has 20 heavy (non-hydrogen) atoms. The molecule has 0 N–H and O–H groups in total. The highest BCUT2D eigenvalue weighted by atomic mass is 32.1. The van der Waals surface area contributed by atoms with Crippen molar-refractivity contribution < 1.29 is 13.9 Å².